The van der Waals surface area contributed by atoms with E-state index in [-0.39, 0.29) is 5.91 Å². The number of nitrogens with two attached hydrogens (primary N) is 1. The van der Waals surface area contributed by atoms with Crippen molar-refractivity contribution in [2.24, 2.45) is 5.73 Å². The van der Waals surface area contributed by atoms with Crippen LogP contribution in [0.15, 0.2) is 30.6 Å². The minimum atomic E-state index is -0.154. The van der Waals surface area contributed by atoms with Crippen LogP contribution in [0.3, 0.4) is 0 Å². The molecule has 2 rings (SSSR count). The lowest BCUT2D eigenvalue weighted by molar-refractivity contribution is 0.0821. The van der Waals surface area contributed by atoms with Crippen molar-refractivity contribution in [1.82, 2.24) is 19.7 Å². The summed E-state index contributed by atoms with van der Waals surface area (Å²) in [5, 5.41) is 4.18. The fourth-order valence-corrected chi connectivity index (χ4v) is 1.58. The van der Waals surface area contributed by atoms with Crippen molar-refractivity contribution in [3.05, 3.63) is 41.9 Å². The summed E-state index contributed by atoms with van der Waals surface area (Å²) in [5.41, 5.74) is 6.55. The number of hydrogen-bond acceptors (Lipinski definition) is 4. The highest BCUT2D eigenvalue weighted by molar-refractivity contribution is 7.80. The van der Waals surface area contributed by atoms with Gasteiger partial charge in [0.2, 0.25) is 0 Å². The Morgan fingerprint density at radius 1 is 1.37 bits per heavy atom. The summed E-state index contributed by atoms with van der Waals surface area (Å²) in [6, 6.07) is 5.15. The topological polar surface area (TPSA) is 77.0 Å². The maximum Gasteiger partial charge on any atom is 0.273 e. The van der Waals surface area contributed by atoms with Gasteiger partial charge >= 0.3 is 0 Å². The fourth-order valence-electron chi connectivity index (χ4n) is 1.46. The van der Waals surface area contributed by atoms with E-state index in [0.29, 0.717) is 22.1 Å². The highest BCUT2D eigenvalue weighted by atomic mass is 32.1. The van der Waals surface area contributed by atoms with Crippen molar-refractivity contribution in [3.8, 4) is 5.82 Å². The highest BCUT2D eigenvalue weighted by Crippen LogP contribution is 2.07. The van der Waals surface area contributed by atoms with Gasteiger partial charge in [-0.1, -0.05) is 12.2 Å². The summed E-state index contributed by atoms with van der Waals surface area (Å²) in [6.07, 6.45) is 3.26. The van der Waals surface area contributed by atoms with E-state index in [2.05, 4.69) is 10.1 Å². The fraction of sp³-hybridized carbons (Fsp3) is 0.167. The van der Waals surface area contributed by atoms with Crippen LogP contribution in [0.4, 0.5) is 0 Å². The van der Waals surface area contributed by atoms with Crippen LogP contribution in [-0.2, 0) is 0 Å². The predicted molar refractivity (Wildman–Crippen MR) is 75.3 cm³/mol. The number of nitrogens with zero attached hydrogens (tertiary/aromatic N) is 4. The molecule has 2 aromatic heterocycles. The second-order valence-electron chi connectivity index (χ2n) is 4.11. The zero-order valence-corrected chi connectivity index (χ0v) is 11.4. The summed E-state index contributed by atoms with van der Waals surface area (Å²) in [7, 11) is 3.35. The van der Waals surface area contributed by atoms with Crippen LogP contribution < -0.4 is 5.73 Å². The predicted octanol–water partition coefficient (Wildman–Crippen LogP) is 0.603. The van der Waals surface area contributed by atoms with E-state index in [1.807, 2.05) is 0 Å². The first-order chi connectivity index (χ1) is 8.99. The third-order valence-corrected chi connectivity index (χ3v) is 2.72. The average Bonchev–Trinajstić information content (AvgIpc) is 2.87. The Balaban J connectivity index is 2.28. The quantitative estimate of drug-likeness (QED) is 0.830. The molecule has 0 bridgehead atoms. The molecule has 2 aromatic rings. The molecule has 0 aromatic carbocycles. The van der Waals surface area contributed by atoms with E-state index in [1.54, 1.807) is 44.7 Å². The van der Waals surface area contributed by atoms with Crippen molar-refractivity contribution in [2.45, 2.75) is 0 Å². The number of thiocarbonyl (C=S) groups is 1. The third kappa shape index (κ3) is 2.76. The van der Waals surface area contributed by atoms with Gasteiger partial charge in [-0.05, 0) is 18.2 Å². The number of hydrogen-bond donors (Lipinski definition) is 1. The summed E-state index contributed by atoms with van der Waals surface area (Å²) >= 11 is 4.85. The molecule has 0 spiro atoms. The van der Waals surface area contributed by atoms with Crippen LogP contribution in [0, 0.1) is 0 Å². The Labute approximate surface area is 115 Å². The van der Waals surface area contributed by atoms with Crippen LogP contribution in [0.1, 0.15) is 16.1 Å². The van der Waals surface area contributed by atoms with Gasteiger partial charge in [0.1, 0.15) is 4.99 Å². The average molecular weight is 275 g/mol. The molecule has 7 heteroatoms. The van der Waals surface area contributed by atoms with Gasteiger partial charge in [0.25, 0.3) is 5.91 Å². The van der Waals surface area contributed by atoms with Crippen LogP contribution in [-0.4, -0.2) is 44.7 Å². The minimum absolute atomic E-state index is 0.154. The lowest BCUT2D eigenvalue weighted by atomic mass is 10.3. The van der Waals surface area contributed by atoms with Crippen LogP contribution >= 0.6 is 12.2 Å². The zero-order valence-electron chi connectivity index (χ0n) is 10.6. The first kappa shape index (κ1) is 13.2. The number of carbonyl (C=O) groups is 1. The summed E-state index contributed by atoms with van der Waals surface area (Å²) in [5.74, 6) is 0.441. The highest BCUT2D eigenvalue weighted by Gasteiger charge is 2.12. The molecule has 0 saturated heterocycles. The Morgan fingerprint density at radius 2 is 2.11 bits per heavy atom. The van der Waals surface area contributed by atoms with Crippen LogP contribution in [0.5, 0.6) is 0 Å². The van der Waals surface area contributed by atoms with Crippen molar-refractivity contribution < 1.29 is 4.79 Å². The SMILES string of the molecule is CN(C)C(=O)c1ccn(-c2ccc(C(N)=S)cn2)n1. The normalized spacial score (nSPS) is 10.2. The first-order valence-corrected chi connectivity index (χ1v) is 5.93. The standard InChI is InChI=1S/C12H13N5OS/c1-16(2)12(18)9-5-6-17(15-9)10-4-3-8(7-14-10)11(13)19/h3-7H,1-2H3,(H2,13,19). The van der Waals surface area contributed by atoms with E-state index < -0.39 is 0 Å². The number of pyridine rings is 1. The van der Waals surface area contributed by atoms with Gasteiger partial charge in [-0.2, -0.15) is 5.10 Å². The molecule has 0 saturated carbocycles. The Kier molecular flexibility index (Phi) is 3.57. The molecule has 2 heterocycles. The number of rotatable bonds is 3. The third-order valence-electron chi connectivity index (χ3n) is 2.48. The lowest BCUT2D eigenvalue weighted by Gasteiger charge is -2.07. The maximum atomic E-state index is 11.7. The Morgan fingerprint density at radius 3 is 2.63 bits per heavy atom. The molecule has 0 aliphatic rings. The van der Waals surface area contributed by atoms with Gasteiger partial charge in [0.05, 0.1) is 0 Å². The van der Waals surface area contributed by atoms with Gasteiger partial charge in [0, 0.05) is 32.1 Å². The smallest absolute Gasteiger partial charge is 0.273 e. The van der Waals surface area contributed by atoms with E-state index >= 15 is 0 Å². The second-order valence-corrected chi connectivity index (χ2v) is 4.55. The largest absolute Gasteiger partial charge is 0.389 e. The molecule has 0 atom stereocenters. The lowest BCUT2D eigenvalue weighted by Crippen LogP contribution is -2.22. The van der Waals surface area contributed by atoms with Crippen molar-refractivity contribution in [1.29, 1.82) is 0 Å². The van der Waals surface area contributed by atoms with Gasteiger partial charge in [0.15, 0.2) is 11.5 Å². The van der Waals surface area contributed by atoms with Crippen LogP contribution in [0.2, 0.25) is 0 Å². The zero-order chi connectivity index (χ0) is 14.0. The first-order valence-electron chi connectivity index (χ1n) is 5.52. The number of carbonyl (C=O) groups excluding carboxylic acids is 1. The van der Waals surface area contributed by atoms with E-state index in [0.717, 1.165) is 0 Å². The summed E-state index contributed by atoms with van der Waals surface area (Å²) in [4.78, 5) is 17.7. The molecule has 98 valence electrons. The van der Waals surface area contributed by atoms with Crippen molar-refractivity contribution in [3.63, 3.8) is 0 Å². The van der Waals surface area contributed by atoms with Gasteiger partial charge in [-0.15, -0.1) is 0 Å². The molecular formula is C12H13N5OS. The van der Waals surface area contributed by atoms with Gasteiger partial charge in [-0.3, -0.25) is 4.79 Å². The summed E-state index contributed by atoms with van der Waals surface area (Å²) < 4.78 is 1.53. The molecule has 2 N–H and O–H groups in total. The Bertz CT molecular complexity index is 617. The monoisotopic (exact) mass is 275 g/mol. The van der Waals surface area contributed by atoms with Crippen molar-refractivity contribution >= 4 is 23.1 Å². The van der Waals surface area contributed by atoms with E-state index in [1.165, 1.54) is 9.58 Å². The number of aromatic nitrogens is 3. The Hall–Kier alpha value is -2.28. The van der Waals surface area contributed by atoms with E-state index in [4.69, 9.17) is 18.0 Å². The summed E-state index contributed by atoms with van der Waals surface area (Å²) in [6.45, 7) is 0. The van der Waals surface area contributed by atoms with Crippen LogP contribution in [0.25, 0.3) is 5.82 Å². The molecular weight excluding hydrogens is 262 g/mol. The van der Waals surface area contributed by atoms with Crippen molar-refractivity contribution in [2.75, 3.05) is 14.1 Å². The molecule has 1 amide bonds. The minimum Gasteiger partial charge on any atom is -0.389 e. The molecule has 6 nitrogen and oxygen atoms in total. The van der Waals surface area contributed by atoms with Gasteiger partial charge in [-0.25, -0.2) is 9.67 Å². The molecule has 0 fully saturated rings. The number of amides is 1. The maximum absolute atomic E-state index is 11.7. The van der Waals surface area contributed by atoms with Gasteiger partial charge < -0.3 is 10.6 Å². The second kappa shape index (κ2) is 5.15. The molecule has 0 unspecified atom stereocenters. The molecule has 0 radical (unpaired) electrons. The molecule has 19 heavy (non-hydrogen) atoms. The molecule has 0 aliphatic heterocycles. The molecule has 0 aliphatic carbocycles. The van der Waals surface area contributed by atoms with E-state index in [9.17, 15) is 4.79 Å².